The van der Waals surface area contributed by atoms with Gasteiger partial charge in [0.1, 0.15) is 5.83 Å². The van der Waals surface area contributed by atoms with Gasteiger partial charge in [-0.15, -0.1) is 0 Å². The quantitative estimate of drug-likeness (QED) is 0.461. The molecule has 12 heavy (non-hydrogen) atoms. The Kier molecular flexibility index (Phi) is 4.53. The molecule has 0 saturated heterocycles. The van der Waals surface area contributed by atoms with Crippen LogP contribution in [-0.2, 0) is 9.59 Å². The lowest BCUT2D eigenvalue weighted by atomic mass is 10.1. The molecule has 0 atom stereocenters. The number of hydrogen-bond donors (Lipinski definition) is 0. The summed E-state index contributed by atoms with van der Waals surface area (Å²) in [4.78, 5) is 20.7. The molecule has 0 aromatic carbocycles. The third kappa shape index (κ3) is 4.33. The molecule has 0 aliphatic rings. The summed E-state index contributed by atoms with van der Waals surface area (Å²) in [7, 11) is 0. The Hall–Kier alpha value is -1.51. The van der Waals surface area contributed by atoms with Gasteiger partial charge in [-0.25, -0.2) is 4.39 Å². The lowest BCUT2D eigenvalue weighted by Gasteiger charge is -1.90. The molecule has 0 aromatic rings. The average Bonchev–Trinajstić information content (AvgIpc) is 2.03. The number of carbonyl (C=O) groups is 1. The van der Waals surface area contributed by atoms with Crippen molar-refractivity contribution in [2.45, 2.75) is 6.42 Å². The zero-order chi connectivity index (χ0) is 9.56. The first kappa shape index (κ1) is 10.5. The summed E-state index contributed by atoms with van der Waals surface area (Å²) in [6.45, 7) is 6.34. The van der Waals surface area contributed by atoms with Gasteiger partial charge in [-0.1, -0.05) is 13.2 Å². The second-order valence-corrected chi connectivity index (χ2v) is 2.08. The zero-order valence-corrected chi connectivity index (χ0v) is 6.47. The molecule has 63 valence electrons. The summed E-state index contributed by atoms with van der Waals surface area (Å²) in [5.74, 6) is -1.25. The molecular weight excluding hydrogens is 159 g/mol. The van der Waals surface area contributed by atoms with Gasteiger partial charge in [-0.2, -0.15) is 0 Å². The highest BCUT2D eigenvalue weighted by molar-refractivity contribution is 5.96. The third-order valence-electron chi connectivity index (χ3n) is 1.03. The van der Waals surface area contributed by atoms with Crippen molar-refractivity contribution in [3.8, 4) is 0 Å². The summed E-state index contributed by atoms with van der Waals surface area (Å²) < 4.78 is 12.3. The molecule has 3 heteroatoms. The molecule has 0 amide bonds. The molecule has 0 aromatic heterocycles. The second-order valence-electron chi connectivity index (χ2n) is 2.08. The second kappa shape index (κ2) is 5.18. The van der Waals surface area contributed by atoms with Gasteiger partial charge in [0, 0.05) is 18.1 Å². The van der Waals surface area contributed by atoms with Crippen LogP contribution in [0.15, 0.2) is 36.7 Å². The summed E-state index contributed by atoms with van der Waals surface area (Å²) in [6, 6.07) is 0. The molecule has 0 aliphatic heterocycles. The Morgan fingerprint density at radius 2 is 2.17 bits per heavy atom. The van der Waals surface area contributed by atoms with Gasteiger partial charge < -0.3 is 0 Å². The van der Waals surface area contributed by atoms with Crippen molar-refractivity contribution in [2.75, 3.05) is 0 Å². The summed E-state index contributed by atoms with van der Waals surface area (Å²) >= 11 is 0. The van der Waals surface area contributed by atoms with Gasteiger partial charge in [0.15, 0.2) is 5.78 Å². The van der Waals surface area contributed by atoms with Gasteiger partial charge >= 0.3 is 0 Å². The normalized spacial score (nSPS) is 10.6. The average molecular weight is 167 g/mol. The Morgan fingerprint density at radius 1 is 1.58 bits per heavy atom. The third-order valence-corrected chi connectivity index (χ3v) is 1.03. The van der Waals surface area contributed by atoms with Crippen molar-refractivity contribution in [3.63, 3.8) is 0 Å². The molecule has 1 radical (unpaired) electrons. The highest BCUT2D eigenvalue weighted by Gasteiger charge is 2.01. The summed E-state index contributed by atoms with van der Waals surface area (Å²) in [5, 5.41) is 0. The molecule has 0 unspecified atom stereocenters. The van der Waals surface area contributed by atoms with Crippen LogP contribution in [0.1, 0.15) is 6.42 Å². The standard InChI is InChI=1S/C9H8FO2/c1-3-8(10)5-9(12)4-7(2)6-11/h3,5H,1-2,4H2. The molecule has 0 bridgehead atoms. The molecule has 0 spiro atoms. The Balaban J connectivity index is 4.15. The van der Waals surface area contributed by atoms with Crippen LogP contribution in [0.3, 0.4) is 0 Å². The van der Waals surface area contributed by atoms with Gasteiger partial charge in [0.2, 0.25) is 6.29 Å². The molecule has 0 fully saturated rings. The molecule has 0 aliphatic carbocycles. The van der Waals surface area contributed by atoms with E-state index in [1.54, 1.807) is 0 Å². The van der Waals surface area contributed by atoms with E-state index in [0.29, 0.717) is 0 Å². The van der Waals surface area contributed by atoms with E-state index in [1.807, 2.05) is 0 Å². The van der Waals surface area contributed by atoms with Gasteiger partial charge in [0.05, 0.1) is 0 Å². The predicted octanol–water partition coefficient (Wildman–Crippen LogP) is 1.65. The van der Waals surface area contributed by atoms with E-state index in [9.17, 15) is 14.0 Å². The van der Waals surface area contributed by atoms with Crippen molar-refractivity contribution in [2.24, 2.45) is 0 Å². The van der Waals surface area contributed by atoms with E-state index in [-0.39, 0.29) is 12.0 Å². The topological polar surface area (TPSA) is 34.1 Å². The highest BCUT2D eigenvalue weighted by atomic mass is 19.1. The molecule has 0 N–H and O–H groups in total. The fourth-order valence-electron chi connectivity index (χ4n) is 0.510. The first-order chi connectivity index (χ1) is 5.60. The van der Waals surface area contributed by atoms with Crippen LogP contribution in [0.5, 0.6) is 0 Å². The predicted molar refractivity (Wildman–Crippen MR) is 43.8 cm³/mol. The Labute approximate surface area is 70.1 Å². The smallest absolute Gasteiger partial charge is 0.229 e. The molecular formula is C9H8FO2. The van der Waals surface area contributed by atoms with Gasteiger partial charge in [0.25, 0.3) is 0 Å². The SMILES string of the molecule is C=CC(F)=CC(=O)CC(=C)[C]=O. The first-order valence-corrected chi connectivity index (χ1v) is 3.18. The Bertz CT molecular complexity index is 251. The minimum atomic E-state index is -0.723. The number of ketones is 1. The minimum absolute atomic E-state index is 0.00751. The van der Waals surface area contributed by atoms with Crippen LogP contribution in [0.2, 0.25) is 0 Å². The largest absolute Gasteiger partial charge is 0.294 e. The highest BCUT2D eigenvalue weighted by Crippen LogP contribution is 2.01. The van der Waals surface area contributed by atoms with Crippen LogP contribution in [0.25, 0.3) is 0 Å². The lowest BCUT2D eigenvalue weighted by Crippen LogP contribution is -1.96. The van der Waals surface area contributed by atoms with E-state index < -0.39 is 11.6 Å². The monoisotopic (exact) mass is 167 g/mol. The van der Waals surface area contributed by atoms with Crippen LogP contribution >= 0.6 is 0 Å². The maximum atomic E-state index is 12.3. The molecule has 0 saturated carbocycles. The maximum absolute atomic E-state index is 12.3. The van der Waals surface area contributed by atoms with Gasteiger partial charge in [-0.3, -0.25) is 9.59 Å². The zero-order valence-electron chi connectivity index (χ0n) is 6.47. The first-order valence-electron chi connectivity index (χ1n) is 3.18. The summed E-state index contributed by atoms with van der Waals surface area (Å²) in [6.07, 6.45) is 2.91. The van der Waals surface area contributed by atoms with Crippen LogP contribution < -0.4 is 0 Å². The van der Waals surface area contributed by atoms with Gasteiger partial charge in [-0.05, 0) is 6.08 Å². The van der Waals surface area contributed by atoms with Crippen LogP contribution in [0, 0.1) is 0 Å². The maximum Gasteiger partial charge on any atom is 0.229 e. The lowest BCUT2D eigenvalue weighted by molar-refractivity contribution is -0.114. The van der Waals surface area contributed by atoms with E-state index in [1.165, 1.54) is 6.29 Å². The fourth-order valence-corrected chi connectivity index (χ4v) is 0.510. The van der Waals surface area contributed by atoms with Crippen molar-refractivity contribution >= 4 is 12.1 Å². The summed E-state index contributed by atoms with van der Waals surface area (Å²) in [5.41, 5.74) is 0.00751. The van der Waals surface area contributed by atoms with E-state index in [2.05, 4.69) is 13.2 Å². The number of carbonyl (C=O) groups excluding carboxylic acids is 2. The number of hydrogen-bond acceptors (Lipinski definition) is 2. The molecule has 0 rings (SSSR count). The number of halogens is 1. The Morgan fingerprint density at radius 3 is 2.58 bits per heavy atom. The van der Waals surface area contributed by atoms with E-state index >= 15 is 0 Å². The van der Waals surface area contributed by atoms with Crippen molar-refractivity contribution in [1.29, 1.82) is 0 Å². The van der Waals surface area contributed by atoms with Crippen LogP contribution in [0.4, 0.5) is 4.39 Å². The van der Waals surface area contributed by atoms with E-state index in [4.69, 9.17) is 0 Å². The number of allylic oxidation sites excluding steroid dienone is 4. The van der Waals surface area contributed by atoms with Crippen molar-refractivity contribution in [3.05, 3.63) is 36.7 Å². The molecule has 0 heterocycles. The van der Waals surface area contributed by atoms with Crippen molar-refractivity contribution < 1.29 is 14.0 Å². The van der Waals surface area contributed by atoms with Crippen LogP contribution in [-0.4, -0.2) is 12.1 Å². The minimum Gasteiger partial charge on any atom is -0.294 e. The van der Waals surface area contributed by atoms with E-state index in [0.717, 1.165) is 12.2 Å². The number of rotatable bonds is 5. The van der Waals surface area contributed by atoms with Crippen molar-refractivity contribution in [1.82, 2.24) is 0 Å². The fraction of sp³-hybridized carbons (Fsp3) is 0.111. The molecule has 2 nitrogen and oxygen atoms in total.